The van der Waals surface area contributed by atoms with Gasteiger partial charge in [0, 0.05) is 24.9 Å². The van der Waals surface area contributed by atoms with Gasteiger partial charge in [-0.3, -0.25) is 9.59 Å². The first-order valence-corrected chi connectivity index (χ1v) is 6.53. The van der Waals surface area contributed by atoms with E-state index in [2.05, 4.69) is 5.32 Å². The van der Waals surface area contributed by atoms with Crippen molar-refractivity contribution in [3.63, 3.8) is 0 Å². The predicted octanol–water partition coefficient (Wildman–Crippen LogP) is 2.66. The number of pyridine rings is 1. The van der Waals surface area contributed by atoms with Crippen LogP contribution in [0.1, 0.15) is 12.5 Å². The molecule has 0 bridgehead atoms. The Bertz CT molecular complexity index is 718. The summed E-state index contributed by atoms with van der Waals surface area (Å²) in [6.07, 6.45) is 4.53. The van der Waals surface area contributed by atoms with Crippen LogP contribution in [0.25, 0.3) is 6.08 Å². The lowest BCUT2D eigenvalue weighted by Gasteiger charge is -2.05. The minimum Gasteiger partial charge on any atom is -0.321 e. The standard InChI is InChI=1S/C16H15FN2O2/c1-2-19-11-14(8-10-16(19)21)18-15(20)9-5-12-3-6-13(17)7-4-12/h3-11H,2H2,1H3,(H,18,20)/b9-5+. The van der Waals surface area contributed by atoms with E-state index in [1.165, 1.54) is 28.8 Å². The summed E-state index contributed by atoms with van der Waals surface area (Å²) in [7, 11) is 0. The fourth-order valence-corrected chi connectivity index (χ4v) is 1.78. The van der Waals surface area contributed by atoms with Gasteiger partial charge in [0.1, 0.15) is 5.82 Å². The maximum atomic E-state index is 12.7. The van der Waals surface area contributed by atoms with Crippen LogP contribution in [0.2, 0.25) is 0 Å². The highest BCUT2D eigenvalue weighted by molar-refractivity contribution is 6.01. The number of carbonyl (C=O) groups is 1. The Labute approximate surface area is 121 Å². The van der Waals surface area contributed by atoms with Crippen LogP contribution in [-0.4, -0.2) is 10.5 Å². The van der Waals surface area contributed by atoms with Crippen molar-refractivity contribution in [2.24, 2.45) is 0 Å². The Balaban J connectivity index is 2.04. The van der Waals surface area contributed by atoms with Crippen LogP contribution < -0.4 is 10.9 Å². The first-order chi connectivity index (χ1) is 10.1. The van der Waals surface area contributed by atoms with Crippen molar-refractivity contribution < 1.29 is 9.18 Å². The lowest BCUT2D eigenvalue weighted by Crippen LogP contribution is -2.19. The molecule has 0 unspecified atom stereocenters. The van der Waals surface area contributed by atoms with Crippen molar-refractivity contribution in [3.05, 3.63) is 70.4 Å². The van der Waals surface area contributed by atoms with Crippen molar-refractivity contribution in [1.82, 2.24) is 4.57 Å². The van der Waals surface area contributed by atoms with E-state index in [9.17, 15) is 14.0 Å². The molecule has 0 aliphatic carbocycles. The number of aryl methyl sites for hydroxylation is 1. The molecule has 0 aliphatic rings. The van der Waals surface area contributed by atoms with Gasteiger partial charge in [-0.15, -0.1) is 0 Å². The molecule has 108 valence electrons. The molecule has 1 amide bonds. The van der Waals surface area contributed by atoms with Crippen LogP contribution in [0.3, 0.4) is 0 Å². The van der Waals surface area contributed by atoms with Crippen LogP contribution in [0.15, 0.2) is 53.5 Å². The van der Waals surface area contributed by atoms with Gasteiger partial charge in [-0.25, -0.2) is 4.39 Å². The third kappa shape index (κ3) is 4.14. The molecule has 2 aromatic rings. The lowest BCUT2D eigenvalue weighted by molar-refractivity contribution is -0.111. The number of nitrogens with one attached hydrogen (secondary N) is 1. The van der Waals surface area contributed by atoms with E-state index in [4.69, 9.17) is 0 Å². The highest BCUT2D eigenvalue weighted by atomic mass is 19.1. The Morgan fingerprint density at radius 1 is 1.24 bits per heavy atom. The minimum atomic E-state index is -0.321. The molecule has 0 aliphatic heterocycles. The fraction of sp³-hybridized carbons (Fsp3) is 0.125. The number of nitrogens with zero attached hydrogens (tertiary/aromatic N) is 1. The summed E-state index contributed by atoms with van der Waals surface area (Å²) in [6.45, 7) is 2.38. The smallest absolute Gasteiger partial charge is 0.250 e. The molecule has 0 fully saturated rings. The summed E-state index contributed by atoms with van der Waals surface area (Å²) in [5, 5.41) is 2.67. The molecular formula is C16H15FN2O2. The Kier molecular flexibility index (Phi) is 4.66. The molecule has 0 spiro atoms. The van der Waals surface area contributed by atoms with Crippen LogP contribution in [-0.2, 0) is 11.3 Å². The van der Waals surface area contributed by atoms with E-state index in [1.807, 2.05) is 6.92 Å². The van der Waals surface area contributed by atoms with Crippen LogP contribution >= 0.6 is 0 Å². The Hall–Kier alpha value is -2.69. The van der Waals surface area contributed by atoms with Crippen molar-refractivity contribution in [2.45, 2.75) is 13.5 Å². The molecule has 1 heterocycles. The average Bonchev–Trinajstić information content (AvgIpc) is 2.48. The second-order valence-electron chi connectivity index (χ2n) is 4.42. The second kappa shape index (κ2) is 6.65. The van der Waals surface area contributed by atoms with E-state index in [0.29, 0.717) is 12.2 Å². The van der Waals surface area contributed by atoms with Gasteiger partial charge in [0.15, 0.2) is 0 Å². The molecule has 4 nitrogen and oxygen atoms in total. The van der Waals surface area contributed by atoms with E-state index < -0.39 is 0 Å². The largest absolute Gasteiger partial charge is 0.321 e. The number of anilines is 1. The van der Waals surface area contributed by atoms with Crippen molar-refractivity contribution in [3.8, 4) is 0 Å². The zero-order valence-electron chi connectivity index (χ0n) is 11.5. The third-order valence-electron chi connectivity index (χ3n) is 2.89. The van der Waals surface area contributed by atoms with Gasteiger partial charge in [0.25, 0.3) is 5.56 Å². The first-order valence-electron chi connectivity index (χ1n) is 6.53. The Morgan fingerprint density at radius 3 is 2.62 bits per heavy atom. The number of rotatable bonds is 4. The van der Waals surface area contributed by atoms with E-state index >= 15 is 0 Å². The number of amides is 1. The van der Waals surface area contributed by atoms with Gasteiger partial charge in [-0.2, -0.15) is 0 Å². The Morgan fingerprint density at radius 2 is 1.95 bits per heavy atom. The topological polar surface area (TPSA) is 51.1 Å². The summed E-state index contributed by atoms with van der Waals surface area (Å²) in [6, 6.07) is 8.77. The quantitative estimate of drug-likeness (QED) is 0.878. The van der Waals surface area contributed by atoms with E-state index in [-0.39, 0.29) is 17.3 Å². The molecule has 21 heavy (non-hydrogen) atoms. The van der Waals surface area contributed by atoms with Crippen molar-refractivity contribution in [2.75, 3.05) is 5.32 Å². The van der Waals surface area contributed by atoms with Gasteiger partial charge >= 0.3 is 0 Å². The van der Waals surface area contributed by atoms with Crippen molar-refractivity contribution in [1.29, 1.82) is 0 Å². The minimum absolute atomic E-state index is 0.114. The highest BCUT2D eigenvalue weighted by Crippen LogP contribution is 2.06. The molecular weight excluding hydrogens is 271 g/mol. The number of carbonyl (C=O) groups excluding carboxylic acids is 1. The molecule has 0 atom stereocenters. The summed E-state index contributed by atoms with van der Waals surface area (Å²) in [5.41, 5.74) is 1.16. The van der Waals surface area contributed by atoms with Gasteiger partial charge in [-0.05, 0) is 36.8 Å². The van der Waals surface area contributed by atoms with Crippen LogP contribution in [0.4, 0.5) is 10.1 Å². The number of hydrogen-bond acceptors (Lipinski definition) is 2. The van der Waals surface area contributed by atoms with E-state index in [1.54, 1.807) is 30.5 Å². The third-order valence-corrected chi connectivity index (χ3v) is 2.89. The SMILES string of the molecule is CCn1cc(NC(=O)/C=C/c2ccc(F)cc2)ccc1=O. The van der Waals surface area contributed by atoms with Crippen molar-refractivity contribution >= 4 is 17.7 Å². The number of aromatic nitrogens is 1. The number of halogens is 1. The maximum Gasteiger partial charge on any atom is 0.250 e. The second-order valence-corrected chi connectivity index (χ2v) is 4.42. The monoisotopic (exact) mass is 286 g/mol. The van der Waals surface area contributed by atoms with Gasteiger partial charge in [-0.1, -0.05) is 12.1 Å². The molecule has 1 aromatic heterocycles. The normalized spacial score (nSPS) is 10.8. The molecule has 0 saturated carbocycles. The lowest BCUT2D eigenvalue weighted by atomic mass is 10.2. The molecule has 5 heteroatoms. The molecule has 1 aromatic carbocycles. The van der Waals surface area contributed by atoms with Gasteiger partial charge in [0.2, 0.25) is 5.91 Å². The average molecular weight is 286 g/mol. The zero-order chi connectivity index (χ0) is 15.2. The van der Waals surface area contributed by atoms with Crippen LogP contribution in [0.5, 0.6) is 0 Å². The highest BCUT2D eigenvalue weighted by Gasteiger charge is 2.00. The summed E-state index contributed by atoms with van der Waals surface area (Å²) in [5.74, 6) is -0.640. The maximum absolute atomic E-state index is 12.7. The van der Waals surface area contributed by atoms with Gasteiger partial charge in [0.05, 0.1) is 5.69 Å². The molecule has 2 rings (SSSR count). The van der Waals surface area contributed by atoms with Crippen LogP contribution in [0, 0.1) is 5.82 Å². The zero-order valence-corrected chi connectivity index (χ0v) is 11.5. The fourth-order valence-electron chi connectivity index (χ4n) is 1.78. The molecule has 1 N–H and O–H groups in total. The van der Waals surface area contributed by atoms with E-state index in [0.717, 1.165) is 5.56 Å². The number of hydrogen-bond donors (Lipinski definition) is 1. The summed E-state index contributed by atoms with van der Waals surface area (Å²) in [4.78, 5) is 23.2. The number of benzene rings is 1. The predicted molar refractivity (Wildman–Crippen MR) is 80.4 cm³/mol. The first kappa shape index (κ1) is 14.7. The molecule has 0 radical (unpaired) electrons. The summed E-state index contributed by atoms with van der Waals surface area (Å²) >= 11 is 0. The van der Waals surface area contributed by atoms with Gasteiger partial charge < -0.3 is 9.88 Å². The molecule has 0 saturated heterocycles. The summed E-state index contributed by atoms with van der Waals surface area (Å²) < 4.78 is 14.2.